The van der Waals surface area contributed by atoms with Crippen LogP contribution in [0.3, 0.4) is 0 Å². The van der Waals surface area contributed by atoms with Gasteiger partial charge in [0.1, 0.15) is 0 Å². The van der Waals surface area contributed by atoms with Gasteiger partial charge in [-0.25, -0.2) is 0 Å². The number of nitrogens with one attached hydrogen (secondary N) is 2. The summed E-state index contributed by atoms with van der Waals surface area (Å²) in [6.07, 6.45) is 3.31. The van der Waals surface area contributed by atoms with E-state index in [0.717, 1.165) is 24.3 Å². The molecule has 0 aliphatic carbocycles. The Morgan fingerprint density at radius 1 is 1.19 bits per heavy atom. The molecule has 2 fully saturated rings. The summed E-state index contributed by atoms with van der Waals surface area (Å²) < 4.78 is 0. The van der Waals surface area contributed by atoms with Crippen LogP contribution in [0, 0.1) is 11.8 Å². The molecule has 2 saturated heterocycles. The summed E-state index contributed by atoms with van der Waals surface area (Å²) >= 11 is 6.41. The van der Waals surface area contributed by atoms with Gasteiger partial charge in [-0.3, -0.25) is 19.5 Å². The first kappa shape index (κ1) is 26.6. The van der Waals surface area contributed by atoms with Crippen LogP contribution in [-0.2, 0) is 9.59 Å². The summed E-state index contributed by atoms with van der Waals surface area (Å²) in [5.74, 6) is 0.328. The summed E-state index contributed by atoms with van der Waals surface area (Å²) in [4.78, 5) is 35.2. The largest absolute Gasteiger partial charge is 0.347 e. The molecule has 2 aromatic rings. The molecule has 0 unspecified atom stereocenters. The van der Waals surface area contributed by atoms with Crippen LogP contribution in [-0.4, -0.2) is 59.5 Å². The molecule has 3 heterocycles. The predicted octanol–water partition coefficient (Wildman–Crippen LogP) is 4.04. The first-order chi connectivity index (χ1) is 17.2. The molecular weight excluding hydrogens is 474 g/mol. The number of carbonyl (C=O) groups excluding carboxylic acids is 2. The number of nitrogens with zero attached hydrogens (tertiary/aromatic N) is 3. The quantitative estimate of drug-likeness (QED) is 0.586. The van der Waals surface area contributed by atoms with Crippen molar-refractivity contribution in [3.63, 3.8) is 0 Å². The third-order valence-electron chi connectivity index (χ3n) is 7.28. The molecular formula is C28H38ClN5O2. The minimum atomic E-state index is -0.272. The summed E-state index contributed by atoms with van der Waals surface area (Å²) in [6.45, 7) is 10.8. The second-order valence-corrected chi connectivity index (χ2v) is 11.5. The highest BCUT2D eigenvalue weighted by molar-refractivity contribution is 6.33. The van der Waals surface area contributed by atoms with E-state index in [4.69, 9.17) is 11.6 Å². The maximum Gasteiger partial charge on any atom is 0.241 e. The van der Waals surface area contributed by atoms with Crippen molar-refractivity contribution in [2.24, 2.45) is 11.8 Å². The van der Waals surface area contributed by atoms with Crippen LogP contribution in [0.2, 0.25) is 5.02 Å². The highest BCUT2D eigenvalue weighted by Crippen LogP contribution is 2.34. The highest BCUT2D eigenvalue weighted by atomic mass is 35.5. The lowest BCUT2D eigenvalue weighted by Gasteiger charge is -2.51. The Kier molecular flexibility index (Phi) is 8.33. The number of para-hydroxylation sites is 1. The third-order valence-corrected chi connectivity index (χ3v) is 7.60. The van der Waals surface area contributed by atoms with E-state index in [1.807, 2.05) is 42.5 Å². The lowest BCUT2D eigenvalue weighted by Crippen LogP contribution is -2.67. The summed E-state index contributed by atoms with van der Waals surface area (Å²) in [5.41, 5.74) is 1.37. The molecule has 2 N–H and O–H groups in total. The maximum absolute atomic E-state index is 13.4. The first-order valence-electron chi connectivity index (χ1n) is 12.9. The number of benzene rings is 1. The second-order valence-electron chi connectivity index (χ2n) is 11.1. The number of amides is 2. The summed E-state index contributed by atoms with van der Waals surface area (Å²) in [6, 6.07) is 13.3. The molecule has 0 spiro atoms. The van der Waals surface area contributed by atoms with Gasteiger partial charge in [0.15, 0.2) is 0 Å². The Morgan fingerprint density at radius 2 is 1.94 bits per heavy atom. The number of rotatable bonds is 7. The van der Waals surface area contributed by atoms with Crippen molar-refractivity contribution in [1.82, 2.24) is 20.5 Å². The van der Waals surface area contributed by atoms with Crippen molar-refractivity contribution >= 4 is 29.1 Å². The smallest absolute Gasteiger partial charge is 0.241 e. The Morgan fingerprint density at radius 3 is 2.64 bits per heavy atom. The normalized spacial score (nSPS) is 23.5. The van der Waals surface area contributed by atoms with E-state index >= 15 is 0 Å². The maximum atomic E-state index is 13.4. The van der Waals surface area contributed by atoms with E-state index in [-0.39, 0.29) is 35.4 Å². The Hall–Kier alpha value is -2.48. The van der Waals surface area contributed by atoms with Gasteiger partial charge in [-0.1, -0.05) is 43.6 Å². The number of carbonyl (C=O) groups is 2. The summed E-state index contributed by atoms with van der Waals surface area (Å²) in [7, 11) is 0. The van der Waals surface area contributed by atoms with E-state index in [2.05, 4.69) is 48.2 Å². The van der Waals surface area contributed by atoms with Gasteiger partial charge in [0.25, 0.3) is 0 Å². The van der Waals surface area contributed by atoms with E-state index in [1.165, 1.54) is 0 Å². The first-order valence-corrected chi connectivity index (χ1v) is 13.3. The number of halogens is 1. The van der Waals surface area contributed by atoms with Crippen LogP contribution < -0.4 is 15.5 Å². The molecule has 3 atom stereocenters. The van der Waals surface area contributed by atoms with Gasteiger partial charge in [0.05, 0.1) is 34.9 Å². The number of anilines is 1. The van der Waals surface area contributed by atoms with Gasteiger partial charge in [0.2, 0.25) is 11.8 Å². The van der Waals surface area contributed by atoms with Crippen molar-refractivity contribution in [1.29, 1.82) is 0 Å². The molecule has 2 aliphatic heterocycles. The summed E-state index contributed by atoms with van der Waals surface area (Å²) in [5, 5.41) is 7.31. The van der Waals surface area contributed by atoms with Crippen LogP contribution in [0.4, 0.5) is 5.69 Å². The van der Waals surface area contributed by atoms with Crippen molar-refractivity contribution in [2.75, 3.05) is 31.1 Å². The molecule has 2 amide bonds. The van der Waals surface area contributed by atoms with Crippen LogP contribution in [0.1, 0.15) is 52.3 Å². The van der Waals surface area contributed by atoms with Crippen LogP contribution in [0.25, 0.3) is 0 Å². The number of piperidine rings is 1. The number of pyridine rings is 1. The average Bonchev–Trinajstić information content (AvgIpc) is 2.85. The molecule has 36 heavy (non-hydrogen) atoms. The second kappa shape index (κ2) is 11.3. The monoisotopic (exact) mass is 511 g/mol. The zero-order valence-electron chi connectivity index (χ0n) is 21.7. The minimum Gasteiger partial charge on any atom is -0.347 e. The van der Waals surface area contributed by atoms with Gasteiger partial charge in [-0.15, -0.1) is 0 Å². The molecule has 2 aliphatic rings. The van der Waals surface area contributed by atoms with E-state index < -0.39 is 0 Å². The van der Waals surface area contributed by atoms with Crippen LogP contribution in [0.15, 0.2) is 48.7 Å². The zero-order valence-corrected chi connectivity index (χ0v) is 22.5. The fraction of sp³-hybridized carbons (Fsp3) is 0.536. The molecule has 7 nitrogen and oxygen atoms in total. The molecule has 194 valence electrons. The van der Waals surface area contributed by atoms with Crippen LogP contribution in [0.5, 0.6) is 0 Å². The Balaban J connectivity index is 1.45. The molecule has 0 radical (unpaired) electrons. The van der Waals surface area contributed by atoms with Gasteiger partial charge >= 0.3 is 0 Å². The highest BCUT2D eigenvalue weighted by Gasteiger charge is 2.44. The van der Waals surface area contributed by atoms with Gasteiger partial charge in [-0.2, -0.15) is 0 Å². The molecule has 4 rings (SSSR count). The number of hydrogen-bond donors (Lipinski definition) is 2. The fourth-order valence-corrected chi connectivity index (χ4v) is 5.72. The van der Waals surface area contributed by atoms with Crippen molar-refractivity contribution < 1.29 is 9.59 Å². The van der Waals surface area contributed by atoms with Crippen molar-refractivity contribution in [3.8, 4) is 0 Å². The predicted molar refractivity (Wildman–Crippen MR) is 144 cm³/mol. The van der Waals surface area contributed by atoms with Crippen molar-refractivity contribution in [3.05, 3.63) is 59.4 Å². The number of hydrogen-bond acceptors (Lipinski definition) is 5. The molecule has 1 aromatic carbocycles. The lowest BCUT2D eigenvalue weighted by molar-refractivity contribution is -0.129. The van der Waals surface area contributed by atoms with E-state index in [0.29, 0.717) is 37.0 Å². The van der Waals surface area contributed by atoms with Gasteiger partial charge < -0.3 is 15.5 Å². The average molecular weight is 512 g/mol. The Bertz CT molecular complexity index is 1060. The molecule has 0 saturated carbocycles. The zero-order chi connectivity index (χ0) is 25.9. The number of aromatic nitrogens is 1. The molecule has 0 bridgehead atoms. The van der Waals surface area contributed by atoms with Gasteiger partial charge in [0, 0.05) is 37.4 Å². The van der Waals surface area contributed by atoms with Crippen molar-refractivity contribution in [2.45, 2.75) is 58.2 Å². The molecule has 1 aromatic heterocycles. The minimum absolute atomic E-state index is 0.0288. The SMILES string of the molecule is CC(C)C[C@@H](NC(=O)[C@@H]1CNC[C@H](N2CC(=O)N(c3ccccc3Cl)CC2(C)C)C1)c1ccccn1. The van der Waals surface area contributed by atoms with E-state index in [1.54, 1.807) is 11.1 Å². The third kappa shape index (κ3) is 6.07. The van der Waals surface area contributed by atoms with Gasteiger partial charge in [-0.05, 0) is 56.9 Å². The lowest BCUT2D eigenvalue weighted by atomic mass is 9.88. The number of piperazine rings is 1. The topological polar surface area (TPSA) is 77.6 Å². The van der Waals surface area contributed by atoms with E-state index in [9.17, 15) is 9.59 Å². The Labute approximate surface area is 219 Å². The molecule has 8 heteroatoms. The standard InChI is InChI=1S/C28H38ClN5O2/c1-19(2)13-24(23-10-7-8-12-31-23)32-27(36)20-14-21(16-30-15-20)34-17-26(35)33(18-28(34,3)4)25-11-6-5-9-22(25)29/h5-12,19-21,24,30H,13-18H2,1-4H3,(H,32,36)/t20-,21+,24+/m0/s1. The van der Waals surface area contributed by atoms with Crippen LogP contribution >= 0.6 is 11.6 Å². The fourth-order valence-electron chi connectivity index (χ4n) is 5.48.